The van der Waals surface area contributed by atoms with Crippen LogP contribution in [-0.2, 0) is 19.1 Å². The van der Waals surface area contributed by atoms with E-state index >= 15 is 0 Å². The van der Waals surface area contributed by atoms with Crippen LogP contribution in [0.5, 0.6) is 0 Å². The molecule has 8 heteroatoms. The van der Waals surface area contributed by atoms with Crippen LogP contribution in [0.4, 0.5) is 11.4 Å². The number of anilines is 2. The Morgan fingerprint density at radius 2 is 1.71 bits per heavy atom. The Balaban J connectivity index is 1.78. The summed E-state index contributed by atoms with van der Waals surface area (Å²) in [4.78, 5) is 39.9. The van der Waals surface area contributed by atoms with Crippen LogP contribution in [0.2, 0.25) is 0 Å². The Morgan fingerprint density at radius 3 is 2.36 bits per heavy atom. The third kappa shape index (κ3) is 2.90. The second kappa shape index (κ2) is 7.20. The van der Waals surface area contributed by atoms with E-state index in [-0.39, 0.29) is 12.3 Å². The summed E-state index contributed by atoms with van der Waals surface area (Å²) in [6, 6.07) is 14.9. The summed E-state index contributed by atoms with van der Waals surface area (Å²) in [5.74, 6) is -2.60. The van der Waals surface area contributed by atoms with E-state index in [9.17, 15) is 14.4 Å². The van der Waals surface area contributed by atoms with E-state index in [1.165, 1.54) is 5.01 Å². The van der Waals surface area contributed by atoms with Crippen LogP contribution in [0.3, 0.4) is 0 Å². The molecular weight excluding hydrogens is 426 g/mol. The fraction of sp³-hybridized carbons (Fsp3) is 0.200. The number of hydrogen-bond donors (Lipinski definition) is 0. The smallest absolute Gasteiger partial charge is 0.355 e. The highest BCUT2D eigenvalue weighted by atomic mass is 79.9. The lowest BCUT2D eigenvalue weighted by Gasteiger charge is -2.22. The first kappa shape index (κ1) is 18.4. The van der Waals surface area contributed by atoms with Gasteiger partial charge in [-0.25, -0.2) is 9.69 Å². The van der Waals surface area contributed by atoms with E-state index in [4.69, 9.17) is 4.74 Å². The van der Waals surface area contributed by atoms with Gasteiger partial charge in [0.05, 0.1) is 18.0 Å². The van der Waals surface area contributed by atoms with Gasteiger partial charge in [0, 0.05) is 4.47 Å². The molecule has 28 heavy (non-hydrogen) atoms. The van der Waals surface area contributed by atoms with Crippen molar-refractivity contribution in [2.45, 2.75) is 13.0 Å². The van der Waals surface area contributed by atoms with Crippen molar-refractivity contribution in [1.29, 1.82) is 0 Å². The number of hydrazone groups is 1. The van der Waals surface area contributed by atoms with Crippen LogP contribution < -0.4 is 9.91 Å². The second-order valence-corrected chi connectivity index (χ2v) is 7.21. The first-order valence-corrected chi connectivity index (χ1v) is 9.55. The average Bonchev–Trinajstić information content (AvgIpc) is 3.21. The van der Waals surface area contributed by atoms with E-state index in [1.54, 1.807) is 55.5 Å². The number of nitrogens with zero attached hydrogens (tertiary/aromatic N) is 3. The minimum Gasteiger partial charge on any atom is -0.461 e. The van der Waals surface area contributed by atoms with Crippen molar-refractivity contribution >= 4 is 50.8 Å². The molecule has 2 atom stereocenters. The topological polar surface area (TPSA) is 79.3 Å². The molecule has 0 N–H and O–H groups in total. The van der Waals surface area contributed by atoms with Crippen molar-refractivity contribution in [2.75, 3.05) is 16.5 Å². The summed E-state index contributed by atoms with van der Waals surface area (Å²) in [6.45, 7) is 1.83. The molecule has 0 aromatic heterocycles. The molecule has 142 valence electrons. The Bertz CT molecular complexity index is 975. The van der Waals surface area contributed by atoms with E-state index in [2.05, 4.69) is 21.0 Å². The minimum absolute atomic E-state index is 0.0475. The molecule has 1 fully saturated rings. The first-order chi connectivity index (χ1) is 13.5. The summed E-state index contributed by atoms with van der Waals surface area (Å²) in [6.07, 6.45) is 0. The van der Waals surface area contributed by atoms with E-state index in [1.807, 2.05) is 6.07 Å². The van der Waals surface area contributed by atoms with Gasteiger partial charge in [-0.3, -0.25) is 14.6 Å². The van der Waals surface area contributed by atoms with Crippen molar-refractivity contribution in [2.24, 2.45) is 11.0 Å². The van der Waals surface area contributed by atoms with Crippen molar-refractivity contribution in [1.82, 2.24) is 0 Å². The third-order valence-electron chi connectivity index (χ3n) is 4.64. The molecular formula is C20H16BrN3O4. The highest BCUT2D eigenvalue weighted by molar-refractivity contribution is 9.10. The van der Waals surface area contributed by atoms with Gasteiger partial charge in [-0.2, -0.15) is 5.10 Å². The normalized spacial score (nSPS) is 21.0. The van der Waals surface area contributed by atoms with Crippen LogP contribution in [-0.4, -0.2) is 36.1 Å². The van der Waals surface area contributed by atoms with Crippen molar-refractivity contribution in [3.63, 3.8) is 0 Å². The molecule has 2 heterocycles. The second-order valence-electron chi connectivity index (χ2n) is 6.30. The number of para-hydroxylation sites is 1. The maximum Gasteiger partial charge on any atom is 0.355 e. The Kier molecular flexibility index (Phi) is 4.72. The summed E-state index contributed by atoms with van der Waals surface area (Å²) < 4.78 is 5.90. The number of ether oxygens (including phenoxy) is 1. The van der Waals surface area contributed by atoms with Gasteiger partial charge in [-0.1, -0.05) is 34.1 Å². The summed E-state index contributed by atoms with van der Waals surface area (Å²) in [7, 11) is 0. The number of hydrogen-bond acceptors (Lipinski definition) is 6. The van der Waals surface area contributed by atoms with Gasteiger partial charge in [0.1, 0.15) is 12.0 Å². The number of carbonyl (C=O) groups excluding carboxylic acids is 3. The maximum atomic E-state index is 13.2. The molecule has 4 rings (SSSR count). The minimum atomic E-state index is -1.00. The van der Waals surface area contributed by atoms with E-state index in [0.29, 0.717) is 11.4 Å². The predicted molar refractivity (Wildman–Crippen MR) is 107 cm³/mol. The number of esters is 1. The maximum absolute atomic E-state index is 13.2. The van der Waals surface area contributed by atoms with Gasteiger partial charge < -0.3 is 4.74 Å². The van der Waals surface area contributed by atoms with E-state index in [0.717, 1.165) is 9.37 Å². The lowest BCUT2D eigenvalue weighted by atomic mass is 9.98. The molecule has 0 saturated carbocycles. The number of halogens is 1. The number of benzene rings is 2. The SMILES string of the molecule is CCOC(=O)C1=NN(c2ccccc2)[C@H]2C(=O)N(c3ccc(Br)cc3)C(=O)[C@@H]12. The van der Waals surface area contributed by atoms with Gasteiger partial charge in [0.25, 0.3) is 5.91 Å². The lowest BCUT2D eigenvalue weighted by Crippen LogP contribution is -2.39. The molecule has 2 aromatic rings. The molecule has 0 spiro atoms. The zero-order valence-electron chi connectivity index (χ0n) is 14.9. The molecule has 1 saturated heterocycles. The Hall–Kier alpha value is -3.00. The molecule has 2 amide bonds. The van der Waals surface area contributed by atoms with Crippen molar-refractivity contribution in [3.05, 3.63) is 59.1 Å². The summed E-state index contributed by atoms with van der Waals surface area (Å²) in [5, 5.41) is 5.74. The van der Waals surface area contributed by atoms with Crippen molar-refractivity contribution in [3.8, 4) is 0 Å². The molecule has 2 aliphatic rings. The third-order valence-corrected chi connectivity index (χ3v) is 5.17. The number of rotatable bonds is 4. The number of carbonyl (C=O) groups is 3. The molecule has 0 aliphatic carbocycles. The first-order valence-electron chi connectivity index (χ1n) is 8.76. The molecule has 0 bridgehead atoms. The average molecular weight is 442 g/mol. The van der Waals surface area contributed by atoms with Crippen LogP contribution >= 0.6 is 15.9 Å². The van der Waals surface area contributed by atoms with Crippen molar-refractivity contribution < 1.29 is 19.1 Å². The highest BCUT2D eigenvalue weighted by Gasteiger charge is 2.59. The van der Waals surface area contributed by atoms with Crippen LogP contribution in [0, 0.1) is 5.92 Å². The monoisotopic (exact) mass is 441 g/mol. The quantitative estimate of drug-likeness (QED) is 0.538. The van der Waals surface area contributed by atoms with Gasteiger partial charge in [0.2, 0.25) is 5.91 Å². The largest absolute Gasteiger partial charge is 0.461 e. The van der Waals surface area contributed by atoms with Gasteiger partial charge in [-0.15, -0.1) is 0 Å². The highest BCUT2D eigenvalue weighted by Crippen LogP contribution is 2.38. The molecule has 2 aromatic carbocycles. The molecule has 7 nitrogen and oxygen atoms in total. The molecule has 2 aliphatic heterocycles. The van der Waals surface area contributed by atoms with Gasteiger partial charge >= 0.3 is 5.97 Å². The van der Waals surface area contributed by atoms with Crippen LogP contribution in [0.15, 0.2) is 64.2 Å². The summed E-state index contributed by atoms with van der Waals surface area (Å²) >= 11 is 3.34. The number of fused-ring (bicyclic) bond motifs is 1. The van der Waals surface area contributed by atoms with E-state index < -0.39 is 29.7 Å². The molecule has 0 unspecified atom stereocenters. The number of imide groups is 1. The zero-order chi connectivity index (χ0) is 19.8. The van der Waals surface area contributed by atoms with Crippen LogP contribution in [0.25, 0.3) is 0 Å². The zero-order valence-corrected chi connectivity index (χ0v) is 16.5. The predicted octanol–water partition coefficient (Wildman–Crippen LogP) is 2.75. The van der Waals surface area contributed by atoms with Gasteiger partial charge in [-0.05, 0) is 43.3 Å². The lowest BCUT2D eigenvalue weighted by molar-refractivity contribution is -0.136. The Labute approximate surface area is 169 Å². The number of amides is 2. The fourth-order valence-electron chi connectivity index (χ4n) is 3.43. The summed E-state index contributed by atoms with van der Waals surface area (Å²) in [5.41, 5.74) is 1.02. The Morgan fingerprint density at radius 1 is 1.04 bits per heavy atom. The standard InChI is InChI=1S/C20H16BrN3O4/c1-2-28-20(27)16-15-17(24(22-16)14-6-4-3-5-7-14)19(26)23(18(15)25)13-10-8-12(21)9-11-13/h3-11,15,17H,2H2,1H3/t15-,17+/m0/s1. The van der Waals surface area contributed by atoms with Crippen LogP contribution in [0.1, 0.15) is 6.92 Å². The van der Waals surface area contributed by atoms with Gasteiger partial charge in [0.15, 0.2) is 5.71 Å². The fourth-order valence-corrected chi connectivity index (χ4v) is 3.69. The molecule has 0 radical (unpaired) electrons.